The summed E-state index contributed by atoms with van der Waals surface area (Å²) in [5.74, 6) is 2.26. The molecule has 1 N–H and O–H groups in total. The van der Waals surface area contributed by atoms with Crippen LogP contribution in [0, 0.1) is 6.92 Å². The molecule has 0 aromatic carbocycles. The molecule has 0 unspecified atom stereocenters. The second-order valence-electron chi connectivity index (χ2n) is 6.01. The quantitative estimate of drug-likeness (QED) is 0.947. The van der Waals surface area contributed by atoms with E-state index in [2.05, 4.69) is 32.0 Å². The van der Waals surface area contributed by atoms with E-state index >= 15 is 0 Å². The average molecular weight is 303 g/mol. The van der Waals surface area contributed by atoms with E-state index in [1.54, 1.807) is 0 Å². The molecular formula is C15H21N5S. The SMILES string of the molecule is Cc1nc2c(s1)[C@@H](NCc1nnc3n1CCCC3)CCC2. The molecule has 2 aliphatic rings. The predicted octanol–water partition coefficient (Wildman–Crippen LogP) is 2.55. The zero-order chi connectivity index (χ0) is 14.2. The first-order valence-electron chi connectivity index (χ1n) is 7.92. The molecule has 2 aromatic rings. The lowest BCUT2D eigenvalue weighted by molar-refractivity contribution is 0.439. The molecule has 4 rings (SSSR count). The summed E-state index contributed by atoms with van der Waals surface area (Å²) in [6, 6.07) is 0.441. The lowest BCUT2D eigenvalue weighted by atomic mass is 9.98. The number of fused-ring (bicyclic) bond motifs is 2. The van der Waals surface area contributed by atoms with Gasteiger partial charge in [0.05, 0.1) is 17.2 Å². The molecule has 1 atom stereocenters. The molecule has 6 heteroatoms. The summed E-state index contributed by atoms with van der Waals surface area (Å²) in [4.78, 5) is 6.10. The van der Waals surface area contributed by atoms with Gasteiger partial charge in [0.2, 0.25) is 0 Å². The van der Waals surface area contributed by atoms with Crippen molar-refractivity contribution in [3.63, 3.8) is 0 Å². The van der Waals surface area contributed by atoms with E-state index in [0.29, 0.717) is 6.04 Å². The van der Waals surface area contributed by atoms with Gasteiger partial charge in [-0.25, -0.2) is 4.98 Å². The molecule has 2 aromatic heterocycles. The third-order valence-electron chi connectivity index (χ3n) is 4.50. The lowest BCUT2D eigenvalue weighted by Crippen LogP contribution is -2.26. The Bertz CT molecular complexity index is 645. The fraction of sp³-hybridized carbons (Fsp3) is 0.667. The molecular weight excluding hydrogens is 282 g/mol. The Hall–Kier alpha value is -1.27. The summed E-state index contributed by atoms with van der Waals surface area (Å²) in [6.07, 6.45) is 7.14. The maximum absolute atomic E-state index is 4.66. The molecule has 3 heterocycles. The summed E-state index contributed by atoms with van der Waals surface area (Å²) in [5, 5.41) is 13.6. The minimum absolute atomic E-state index is 0.441. The Labute approximate surface area is 128 Å². The highest BCUT2D eigenvalue weighted by molar-refractivity contribution is 7.11. The molecule has 1 aliphatic heterocycles. The van der Waals surface area contributed by atoms with Crippen LogP contribution in [0.15, 0.2) is 0 Å². The third kappa shape index (κ3) is 2.51. The zero-order valence-corrected chi connectivity index (χ0v) is 13.2. The Kier molecular flexibility index (Phi) is 3.51. The van der Waals surface area contributed by atoms with Crippen molar-refractivity contribution in [2.45, 2.75) is 64.6 Å². The monoisotopic (exact) mass is 303 g/mol. The number of aryl methyl sites for hydroxylation is 3. The van der Waals surface area contributed by atoms with Crippen molar-refractivity contribution in [1.29, 1.82) is 0 Å². The van der Waals surface area contributed by atoms with Crippen molar-refractivity contribution < 1.29 is 0 Å². The molecule has 1 aliphatic carbocycles. The van der Waals surface area contributed by atoms with Gasteiger partial charge in [-0.2, -0.15) is 0 Å². The van der Waals surface area contributed by atoms with Gasteiger partial charge in [0.1, 0.15) is 11.6 Å². The van der Waals surface area contributed by atoms with Crippen molar-refractivity contribution in [3.05, 3.63) is 27.2 Å². The first-order valence-corrected chi connectivity index (χ1v) is 8.73. The topological polar surface area (TPSA) is 55.6 Å². The van der Waals surface area contributed by atoms with Gasteiger partial charge in [0.25, 0.3) is 0 Å². The van der Waals surface area contributed by atoms with E-state index in [-0.39, 0.29) is 0 Å². The number of nitrogens with zero attached hydrogens (tertiary/aromatic N) is 4. The smallest absolute Gasteiger partial charge is 0.147 e. The molecule has 0 radical (unpaired) electrons. The fourth-order valence-electron chi connectivity index (χ4n) is 3.45. The van der Waals surface area contributed by atoms with Gasteiger partial charge in [-0.1, -0.05) is 0 Å². The van der Waals surface area contributed by atoms with E-state index in [0.717, 1.165) is 37.6 Å². The van der Waals surface area contributed by atoms with Crippen LogP contribution in [0.3, 0.4) is 0 Å². The molecule has 112 valence electrons. The maximum atomic E-state index is 4.66. The second-order valence-corrected chi connectivity index (χ2v) is 7.25. The Morgan fingerprint density at radius 3 is 3.14 bits per heavy atom. The summed E-state index contributed by atoms with van der Waals surface area (Å²) >= 11 is 1.85. The fourth-order valence-corrected chi connectivity index (χ4v) is 4.53. The Morgan fingerprint density at radius 2 is 2.19 bits per heavy atom. The van der Waals surface area contributed by atoms with Crippen molar-refractivity contribution in [1.82, 2.24) is 25.1 Å². The van der Waals surface area contributed by atoms with Crippen LogP contribution in [-0.4, -0.2) is 19.7 Å². The minimum atomic E-state index is 0.441. The van der Waals surface area contributed by atoms with E-state index in [9.17, 15) is 0 Å². The van der Waals surface area contributed by atoms with Gasteiger partial charge in [-0.3, -0.25) is 0 Å². The maximum Gasteiger partial charge on any atom is 0.147 e. The van der Waals surface area contributed by atoms with E-state index in [1.807, 2.05) is 11.3 Å². The molecule has 0 amide bonds. The van der Waals surface area contributed by atoms with Crippen LogP contribution < -0.4 is 5.32 Å². The highest BCUT2D eigenvalue weighted by atomic mass is 32.1. The van der Waals surface area contributed by atoms with Gasteiger partial charge < -0.3 is 9.88 Å². The van der Waals surface area contributed by atoms with Crippen LogP contribution in [0.5, 0.6) is 0 Å². The number of nitrogens with one attached hydrogen (secondary N) is 1. The molecule has 21 heavy (non-hydrogen) atoms. The van der Waals surface area contributed by atoms with Gasteiger partial charge in [-0.05, 0) is 39.0 Å². The average Bonchev–Trinajstić information content (AvgIpc) is 3.07. The Morgan fingerprint density at radius 1 is 1.24 bits per heavy atom. The van der Waals surface area contributed by atoms with Gasteiger partial charge in [-0.15, -0.1) is 21.5 Å². The second kappa shape index (κ2) is 5.50. The first kappa shape index (κ1) is 13.4. The van der Waals surface area contributed by atoms with Gasteiger partial charge in [0, 0.05) is 23.9 Å². The molecule has 5 nitrogen and oxygen atoms in total. The van der Waals surface area contributed by atoms with Crippen molar-refractivity contribution in [3.8, 4) is 0 Å². The summed E-state index contributed by atoms with van der Waals surface area (Å²) < 4.78 is 2.30. The first-order chi connectivity index (χ1) is 10.3. The molecule has 0 saturated carbocycles. The summed E-state index contributed by atoms with van der Waals surface area (Å²) in [7, 11) is 0. The van der Waals surface area contributed by atoms with E-state index in [1.165, 1.54) is 41.3 Å². The minimum Gasteiger partial charge on any atom is -0.314 e. The summed E-state index contributed by atoms with van der Waals surface area (Å²) in [5.41, 5.74) is 1.31. The molecule has 0 fully saturated rings. The molecule has 0 bridgehead atoms. The van der Waals surface area contributed by atoms with Gasteiger partial charge >= 0.3 is 0 Å². The Balaban J connectivity index is 1.49. The zero-order valence-electron chi connectivity index (χ0n) is 12.4. The number of rotatable bonds is 3. The molecule has 0 saturated heterocycles. The number of thiazole rings is 1. The predicted molar refractivity (Wildman–Crippen MR) is 82.3 cm³/mol. The highest BCUT2D eigenvalue weighted by Crippen LogP contribution is 2.34. The number of aromatic nitrogens is 4. The van der Waals surface area contributed by atoms with E-state index < -0.39 is 0 Å². The highest BCUT2D eigenvalue weighted by Gasteiger charge is 2.24. The normalized spacial score (nSPS) is 21.1. The van der Waals surface area contributed by atoms with Crippen LogP contribution >= 0.6 is 11.3 Å². The summed E-state index contributed by atoms with van der Waals surface area (Å²) in [6.45, 7) is 4.00. The lowest BCUT2D eigenvalue weighted by Gasteiger charge is -2.23. The van der Waals surface area contributed by atoms with Crippen molar-refractivity contribution in [2.24, 2.45) is 0 Å². The van der Waals surface area contributed by atoms with Crippen LogP contribution in [0.4, 0.5) is 0 Å². The number of hydrogen-bond donors (Lipinski definition) is 1. The van der Waals surface area contributed by atoms with Crippen LogP contribution in [0.25, 0.3) is 0 Å². The number of hydrogen-bond acceptors (Lipinski definition) is 5. The molecule has 0 spiro atoms. The third-order valence-corrected chi connectivity index (χ3v) is 5.63. The van der Waals surface area contributed by atoms with E-state index in [4.69, 9.17) is 0 Å². The van der Waals surface area contributed by atoms with Crippen molar-refractivity contribution >= 4 is 11.3 Å². The van der Waals surface area contributed by atoms with Gasteiger partial charge in [0.15, 0.2) is 0 Å². The van der Waals surface area contributed by atoms with Crippen LogP contribution in [-0.2, 0) is 25.9 Å². The largest absolute Gasteiger partial charge is 0.314 e. The standard InChI is InChI=1S/C15H21N5S/c1-10-17-12-6-4-5-11(15(12)21-10)16-9-14-19-18-13-7-2-3-8-20(13)14/h11,16H,2-9H2,1H3/t11-/m0/s1. The van der Waals surface area contributed by atoms with Crippen molar-refractivity contribution in [2.75, 3.05) is 0 Å². The van der Waals surface area contributed by atoms with Crippen LogP contribution in [0.2, 0.25) is 0 Å². The van der Waals surface area contributed by atoms with Crippen LogP contribution in [0.1, 0.15) is 59.0 Å².